The molecule has 0 bridgehead atoms. The van der Waals surface area contributed by atoms with Crippen molar-refractivity contribution in [2.75, 3.05) is 6.61 Å². The molecule has 6 heteroatoms. The highest BCUT2D eigenvalue weighted by molar-refractivity contribution is 7.20. The van der Waals surface area contributed by atoms with Crippen LogP contribution in [0.25, 0.3) is 10.2 Å². The van der Waals surface area contributed by atoms with Crippen LogP contribution in [-0.4, -0.2) is 22.1 Å². The normalized spacial score (nSPS) is 10.8. The fourth-order valence-electron chi connectivity index (χ4n) is 2.67. The lowest BCUT2D eigenvalue weighted by Gasteiger charge is -2.06. The highest BCUT2D eigenvalue weighted by Crippen LogP contribution is 2.27. The number of thiophene rings is 1. The van der Waals surface area contributed by atoms with Gasteiger partial charge < -0.3 is 4.74 Å². The minimum Gasteiger partial charge on any atom is -0.457 e. The molecule has 0 spiro atoms. The van der Waals surface area contributed by atoms with Crippen molar-refractivity contribution in [3.05, 3.63) is 75.2 Å². The van der Waals surface area contributed by atoms with Crippen LogP contribution in [0.5, 0.6) is 0 Å². The van der Waals surface area contributed by atoms with Gasteiger partial charge in [-0.05, 0) is 25.0 Å². The molecule has 5 nitrogen and oxygen atoms in total. The number of carbonyl (C=O) groups is 1. The van der Waals surface area contributed by atoms with E-state index >= 15 is 0 Å². The Kier molecular flexibility index (Phi) is 4.81. The molecule has 0 fully saturated rings. The molecule has 0 N–H and O–H groups in total. The van der Waals surface area contributed by atoms with Crippen molar-refractivity contribution in [3.63, 3.8) is 0 Å². The van der Waals surface area contributed by atoms with Gasteiger partial charge in [-0.15, -0.1) is 11.3 Å². The second kappa shape index (κ2) is 7.03. The SMILES string of the molecule is C=CCOC(=O)c1sc2ncn(Cc3cccc(C)c3)c(=O)c2c1C. The van der Waals surface area contributed by atoms with E-state index in [9.17, 15) is 9.59 Å². The zero-order valence-electron chi connectivity index (χ0n) is 14.1. The molecule has 0 saturated carbocycles. The van der Waals surface area contributed by atoms with Crippen molar-refractivity contribution in [2.24, 2.45) is 0 Å². The van der Waals surface area contributed by atoms with E-state index in [0.717, 1.165) is 11.1 Å². The van der Waals surface area contributed by atoms with E-state index in [4.69, 9.17) is 4.74 Å². The maximum atomic E-state index is 12.8. The Hall–Kier alpha value is -2.73. The number of hydrogen-bond acceptors (Lipinski definition) is 5. The highest BCUT2D eigenvalue weighted by Gasteiger charge is 2.20. The smallest absolute Gasteiger partial charge is 0.348 e. The number of rotatable bonds is 5. The average molecular weight is 354 g/mol. The molecule has 0 atom stereocenters. The number of nitrogens with zero attached hydrogens (tertiary/aromatic N) is 2. The van der Waals surface area contributed by atoms with Crippen LogP contribution in [0.15, 0.2) is 48.0 Å². The Morgan fingerprint density at radius 1 is 1.40 bits per heavy atom. The number of ether oxygens (including phenoxy) is 1. The van der Waals surface area contributed by atoms with Crippen LogP contribution in [0, 0.1) is 13.8 Å². The first-order valence-corrected chi connectivity index (χ1v) is 8.65. The summed E-state index contributed by atoms with van der Waals surface area (Å²) in [6, 6.07) is 7.99. The Bertz CT molecular complexity index is 1020. The molecule has 3 rings (SSSR count). The van der Waals surface area contributed by atoms with E-state index in [-0.39, 0.29) is 12.2 Å². The summed E-state index contributed by atoms with van der Waals surface area (Å²) < 4.78 is 6.65. The van der Waals surface area contributed by atoms with Gasteiger partial charge in [0.05, 0.1) is 18.3 Å². The summed E-state index contributed by atoms with van der Waals surface area (Å²) in [5.41, 5.74) is 2.63. The second-order valence-corrected chi connectivity index (χ2v) is 6.79. The first-order valence-electron chi connectivity index (χ1n) is 7.83. The molecule has 0 amide bonds. The largest absolute Gasteiger partial charge is 0.457 e. The summed E-state index contributed by atoms with van der Waals surface area (Å²) in [4.78, 5) is 30.3. The number of fused-ring (bicyclic) bond motifs is 1. The maximum absolute atomic E-state index is 12.8. The lowest BCUT2D eigenvalue weighted by Crippen LogP contribution is -2.21. The van der Waals surface area contributed by atoms with Crippen molar-refractivity contribution in [2.45, 2.75) is 20.4 Å². The van der Waals surface area contributed by atoms with Gasteiger partial charge in [0.2, 0.25) is 0 Å². The van der Waals surface area contributed by atoms with Gasteiger partial charge in [0.25, 0.3) is 5.56 Å². The van der Waals surface area contributed by atoms with Crippen LogP contribution in [0.1, 0.15) is 26.4 Å². The van der Waals surface area contributed by atoms with Gasteiger partial charge >= 0.3 is 5.97 Å². The second-order valence-electron chi connectivity index (χ2n) is 5.79. The van der Waals surface area contributed by atoms with E-state index in [2.05, 4.69) is 11.6 Å². The van der Waals surface area contributed by atoms with Crippen molar-refractivity contribution < 1.29 is 9.53 Å². The van der Waals surface area contributed by atoms with Gasteiger partial charge in [-0.1, -0.05) is 42.5 Å². The van der Waals surface area contributed by atoms with Crippen LogP contribution >= 0.6 is 11.3 Å². The van der Waals surface area contributed by atoms with Crippen LogP contribution in [0.4, 0.5) is 0 Å². The van der Waals surface area contributed by atoms with Crippen molar-refractivity contribution >= 4 is 27.5 Å². The third-order valence-electron chi connectivity index (χ3n) is 3.87. The molecule has 25 heavy (non-hydrogen) atoms. The lowest BCUT2D eigenvalue weighted by molar-refractivity contribution is 0.0555. The number of aryl methyl sites for hydroxylation is 2. The van der Waals surface area contributed by atoms with E-state index in [1.54, 1.807) is 11.5 Å². The number of benzene rings is 1. The zero-order valence-corrected chi connectivity index (χ0v) is 14.9. The summed E-state index contributed by atoms with van der Waals surface area (Å²) in [7, 11) is 0. The molecule has 0 unspecified atom stereocenters. The molecular formula is C19H18N2O3S. The standard InChI is InChI=1S/C19H18N2O3S/c1-4-8-24-19(23)16-13(3)15-17(25-16)20-11-21(18(15)22)10-14-7-5-6-12(2)9-14/h4-7,9,11H,1,8,10H2,2-3H3. The Morgan fingerprint density at radius 3 is 2.92 bits per heavy atom. The molecule has 3 aromatic rings. The third-order valence-corrected chi connectivity index (χ3v) is 5.05. The van der Waals surface area contributed by atoms with Crippen LogP contribution in [0.3, 0.4) is 0 Å². The van der Waals surface area contributed by atoms with E-state index < -0.39 is 5.97 Å². The Morgan fingerprint density at radius 2 is 2.20 bits per heavy atom. The van der Waals surface area contributed by atoms with E-state index in [1.165, 1.54) is 23.7 Å². The first-order chi connectivity index (χ1) is 12.0. The van der Waals surface area contributed by atoms with Crippen LogP contribution in [-0.2, 0) is 11.3 Å². The molecule has 1 aromatic carbocycles. The minimum atomic E-state index is -0.454. The van der Waals surface area contributed by atoms with E-state index in [0.29, 0.717) is 27.2 Å². The molecule has 2 aromatic heterocycles. The number of esters is 1. The lowest BCUT2D eigenvalue weighted by atomic mass is 10.1. The van der Waals surface area contributed by atoms with Crippen molar-refractivity contribution in [1.29, 1.82) is 0 Å². The van der Waals surface area contributed by atoms with E-state index in [1.807, 2.05) is 31.2 Å². The molecule has 0 saturated heterocycles. The molecule has 128 valence electrons. The summed E-state index contributed by atoms with van der Waals surface area (Å²) in [5, 5.41) is 0.478. The molecular weight excluding hydrogens is 336 g/mol. The Balaban J connectivity index is 2.02. The van der Waals surface area contributed by atoms with Crippen molar-refractivity contribution in [1.82, 2.24) is 9.55 Å². The molecule has 0 aliphatic carbocycles. The number of carbonyl (C=O) groups excluding carboxylic acids is 1. The summed E-state index contributed by atoms with van der Waals surface area (Å²) in [5.74, 6) is -0.454. The summed E-state index contributed by atoms with van der Waals surface area (Å²) in [6.45, 7) is 7.86. The van der Waals surface area contributed by atoms with Gasteiger partial charge in [0.1, 0.15) is 16.3 Å². The fraction of sp³-hybridized carbons (Fsp3) is 0.211. The van der Waals surface area contributed by atoms with Gasteiger partial charge in [-0.3, -0.25) is 9.36 Å². The topological polar surface area (TPSA) is 61.2 Å². The third kappa shape index (κ3) is 3.39. The number of hydrogen-bond donors (Lipinski definition) is 0. The molecule has 0 aliphatic heterocycles. The predicted octanol–water partition coefficient (Wildman–Crippen LogP) is 3.47. The summed E-state index contributed by atoms with van der Waals surface area (Å²) in [6.07, 6.45) is 3.04. The zero-order chi connectivity index (χ0) is 18.0. The molecule has 2 heterocycles. The molecule has 0 aliphatic rings. The first kappa shape index (κ1) is 17.1. The summed E-state index contributed by atoms with van der Waals surface area (Å²) >= 11 is 1.18. The monoisotopic (exact) mass is 354 g/mol. The fourth-order valence-corrected chi connectivity index (χ4v) is 3.71. The van der Waals surface area contributed by atoms with Gasteiger partial charge in [-0.2, -0.15) is 0 Å². The predicted molar refractivity (Wildman–Crippen MR) is 99.4 cm³/mol. The van der Waals surface area contributed by atoms with Crippen molar-refractivity contribution in [3.8, 4) is 0 Å². The highest BCUT2D eigenvalue weighted by atomic mass is 32.1. The Labute approximate surface area is 149 Å². The molecule has 0 radical (unpaired) electrons. The van der Waals surface area contributed by atoms with Gasteiger partial charge in [-0.25, -0.2) is 9.78 Å². The minimum absolute atomic E-state index is 0.136. The van der Waals surface area contributed by atoms with Gasteiger partial charge in [0.15, 0.2) is 0 Å². The van der Waals surface area contributed by atoms with Gasteiger partial charge in [0, 0.05) is 0 Å². The maximum Gasteiger partial charge on any atom is 0.348 e. The average Bonchev–Trinajstić information content (AvgIpc) is 2.93. The van der Waals surface area contributed by atoms with Crippen LogP contribution < -0.4 is 5.56 Å². The van der Waals surface area contributed by atoms with Crippen LogP contribution in [0.2, 0.25) is 0 Å². The quantitative estimate of drug-likeness (QED) is 0.520. The number of aromatic nitrogens is 2.